The Bertz CT molecular complexity index is 783. The second-order valence-corrected chi connectivity index (χ2v) is 8.26. The van der Waals surface area contributed by atoms with Crippen LogP contribution in [0.25, 0.3) is 0 Å². The van der Waals surface area contributed by atoms with Crippen LogP contribution in [0.2, 0.25) is 0 Å². The highest BCUT2D eigenvalue weighted by molar-refractivity contribution is 5.94. The Morgan fingerprint density at radius 1 is 1.24 bits per heavy atom. The second-order valence-electron chi connectivity index (χ2n) is 8.26. The monoisotopic (exact) mass is 398 g/mol. The van der Waals surface area contributed by atoms with Crippen LogP contribution in [-0.4, -0.2) is 43.4 Å². The molecule has 1 amide bonds. The molecule has 29 heavy (non-hydrogen) atoms. The Balaban J connectivity index is 1.59. The van der Waals surface area contributed by atoms with Gasteiger partial charge < -0.3 is 15.4 Å². The smallest absolute Gasteiger partial charge is 0.251 e. The highest BCUT2D eigenvalue weighted by Crippen LogP contribution is 2.22. The number of halogens is 1. The first kappa shape index (κ1) is 21.5. The molecule has 5 heteroatoms. The zero-order valence-electron chi connectivity index (χ0n) is 17.4. The molecule has 0 saturated carbocycles. The largest absolute Gasteiger partial charge is 0.381 e. The quantitative estimate of drug-likeness (QED) is 0.743. The van der Waals surface area contributed by atoms with E-state index in [2.05, 4.69) is 36.3 Å². The number of benzene rings is 1. The lowest BCUT2D eigenvalue weighted by Gasteiger charge is -2.39. The van der Waals surface area contributed by atoms with E-state index in [1.807, 2.05) is 18.2 Å². The van der Waals surface area contributed by atoms with Gasteiger partial charge in [0.05, 0.1) is 0 Å². The minimum absolute atomic E-state index is 0.0975. The van der Waals surface area contributed by atoms with Crippen LogP contribution in [0, 0.1) is 11.8 Å². The third kappa shape index (κ3) is 6.16. The summed E-state index contributed by atoms with van der Waals surface area (Å²) in [6.45, 7) is 6.22. The molecule has 1 aliphatic carbocycles. The van der Waals surface area contributed by atoms with Gasteiger partial charge in [-0.1, -0.05) is 31.8 Å². The third-order valence-electron chi connectivity index (χ3n) is 5.49. The fourth-order valence-electron chi connectivity index (χ4n) is 3.91. The number of alkyl halides is 1. The lowest BCUT2D eigenvalue weighted by molar-refractivity contribution is 0.0342. The van der Waals surface area contributed by atoms with E-state index in [-0.39, 0.29) is 11.4 Å². The molecule has 3 rings (SSSR count). The Morgan fingerprint density at radius 3 is 2.62 bits per heavy atom. The number of allylic oxidation sites excluding steroid dienone is 2. The lowest BCUT2D eigenvalue weighted by Crippen LogP contribution is -2.58. The van der Waals surface area contributed by atoms with Gasteiger partial charge in [0, 0.05) is 48.0 Å². The van der Waals surface area contributed by atoms with Crippen molar-refractivity contribution in [3.05, 3.63) is 47.0 Å². The first-order valence-electron chi connectivity index (χ1n) is 10.6. The van der Waals surface area contributed by atoms with Gasteiger partial charge in [0.25, 0.3) is 5.91 Å². The van der Waals surface area contributed by atoms with Crippen LogP contribution in [0.3, 0.4) is 0 Å². The van der Waals surface area contributed by atoms with Crippen molar-refractivity contribution in [2.24, 2.45) is 0 Å². The minimum Gasteiger partial charge on any atom is -0.381 e. The van der Waals surface area contributed by atoms with Crippen molar-refractivity contribution in [3.63, 3.8) is 0 Å². The van der Waals surface area contributed by atoms with Crippen LogP contribution >= 0.6 is 0 Å². The standard InChI is InChI=1S/C24H31FN2O2/c1-18(2)27-24(13-15-29-16-14-24)17-26-23(28)21-11-8-19(9-12-21)7-10-20-5-3-4-6-22(20)25/h5,8-9,11-12,18,22,27H,3-4,6,13-17H2,1-2H3,(H,26,28). The van der Waals surface area contributed by atoms with Crippen LogP contribution in [0.4, 0.5) is 4.39 Å². The maximum atomic E-state index is 13.8. The fourth-order valence-corrected chi connectivity index (χ4v) is 3.91. The van der Waals surface area contributed by atoms with Gasteiger partial charge in [0.1, 0.15) is 6.17 Å². The van der Waals surface area contributed by atoms with Crippen LogP contribution in [0.1, 0.15) is 61.9 Å². The van der Waals surface area contributed by atoms with E-state index >= 15 is 0 Å². The van der Waals surface area contributed by atoms with Gasteiger partial charge in [0.15, 0.2) is 0 Å². The van der Waals surface area contributed by atoms with Gasteiger partial charge in [0.2, 0.25) is 0 Å². The molecule has 1 heterocycles. The molecule has 156 valence electrons. The normalized spacial score (nSPS) is 21.1. The summed E-state index contributed by atoms with van der Waals surface area (Å²) in [5.41, 5.74) is 1.84. The summed E-state index contributed by atoms with van der Waals surface area (Å²) < 4.78 is 19.3. The van der Waals surface area contributed by atoms with Gasteiger partial charge in [-0.25, -0.2) is 4.39 Å². The molecule has 2 aliphatic rings. The molecule has 1 aromatic rings. The van der Waals surface area contributed by atoms with Crippen molar-refractivity contribution >= 4 is 5.91 Å². The van der Waals surface area contributed by atoms with Crippen molar-refractivity contribution < 1.29 is 13.9 Å². The zero-order chi connectivity index (χ0) is 20.7. The lowest BCUT2D eigenvalue weighted by atomic mass is 9.89. The van der Waals surface area contributed by atoms with Crippen molar-refractivity contribution in [2.45, 2.75) is 63.7 Å². The number of carbonyl (C=O) groups excluding carboxylic acids is 1. The van der Waals surface area contributed by atoms with E-state index in [1.165, 1.54) is 0 Å². The topological polar surface area (TPSA) is 50.4 Å². The van der Waals surface area contributed by atoms with E-state index in [4.69, 9.17) is 4.74 Å². The summed E-state index contributed by atoms with van der Waals surface area (Å²) in [4.78, 5) is 12.6. The first-order valence-corrected chi connectivity index (χ1v) is 10.6. The number of hydrogen-bond acceptors (Lipinski definition) is 3. The second kappa shape index (κ2) is 10.0. The Hall–Kier alpha value is -2.16. The molecule has 0 spiro atoms. The van der Waals surface area contributed by atoms with Gasteiger partial charge in [-0.2, -0.15) is 0 Å². The van der Waals surface area contributed by atoms with Crippen molar-refractivity contribution in [1.29, 1.82) is 0 Å². The highest BCUT2D eigenvalue weighted by atomic mass is 19.1. The van der Waals surface area contributed by atoms with E-state index < -0.39 is 6.17 Å². The van der Waals surface area contributed by atoms with Crippen LogP contribution in [0.5, 0.6) is 0 Å². The maximum absolute atomic E-state index is 13.8. The van der Waals surface area contributed by atoms with Gasteiger partial charge >= 0.3 is 0 Å². The Morgan fingerprint density at radius 2 is 1.97 bits per heavy atom. The van der Waals surface area contributed by atoms with Crippen LogP contribution < -0.4 is 10.6 Å². The number of carbonyl (C=O) groups is 1. The molecular formula is C24H31FN2O2. The van der Waals surface area contributed by atoms with Crippen molar-refractivity contribution in [2.75, 3.05) is 19.8 Å². The molecule has 1 saturated heterocycles. The van der Waals surface area contributed by atoms with E-state index in [0.29, 0.717) is 43.4 Å². The summed E-state index contributed by atoms with van der Waals surface area (Å²) in [7, 11) is 0. The maximum Gasteiger partial charge on any atom is 0.251 e. The molecule has 1 aliphatic heterocycles. The van der Waals surface area contributed by atoms with E-state index in [1.54, 1.807) is 12.1 Å². The predicted octanol–water partition coefficient (Wildman–Crippen LogP) is 3.76. The molecule has 1 atom stereocenters. The van der Waals surface area contributed by atoms with E-state index in [9.17, 15) is 9.18 Å². The summed E-state index contributed by atoms with van der Waals surface area (Å²) in [6.07, 6.45) is 5.04. The van der Waals surface area contributed by atoms with Crippen molar-refractivity contribution in [1.82, 2.24) is 10.6 Å². The summed E-state index contributed by atoms with van der Waals surface area (Å²) in [6, 6.07) is 7.51. The van der Waals surface area contributed by atoms with Gasteiger partial charge in [-0.05, 0) is 56.4 Å². The highest BCUT2D eigenvalue weighted by Gasteiger charge is 2.33. The molecule has 2 N–H and O–H groups in total. The van der Waals surface area contributed by atoms with Gasteiger partial charge in [-0.3, -0.25) is 4.79 Å². The van der Waals surface area contributed by atoms with Gasteiger partial charge in [-0.15, -0.1) is 0 Å². The van der Waals surface area contributed by atoms with E-state index in [0.717, 1.165) is 31.2 Å². The molecular weight excluding hydrogens is 367 g/mol. The number of amides is 1. The van der Waals surface area contributed by atoms with Crippen LogP contribution in [0.15, 0.2) is 35.9 Å². The average molecular weight is 399 g/mol. The molecule has 0 bridgehead atoms. The Kier molecular flexibility index (Phi) is 7.46. The summed E-state index contributed by atoms with van der Waals surface area (Å²) in [5.74, 6) is 5.85. The Labute approximate surface area is 173 Å². The molecule has 0 aromatic heterocycles. The number of ether oxygens (including phenoxy) is 1. The predicted molar refractivity (Wildman–Crippen MR) is 114 cm³/mol. The molecule has 4 nitrogen and oxygen atoms in total. The first-order chi connectivity index (χ1) is 14.0. The molecule has 1 unspecified atom stereocenters. The number of nitrogens with one attached hydrogen (secondary N) is 2. The fraction of sp³-hybridized carbons (Fsp3) is 0.542. The zero-order valence-corrected chi connectivity index (χ0v) is 17.4. The summed E-state index contributed by atoms with van der Waals surface area (Å²) >= 11 is 0. The molecule has 1 aromatic carbocycles. The average Bonchev–Trinajstić information content (AvgIpc) is 2.72. The SMILES string of the molecule is CC(C)NC1(CNC(=O)c2ccc(C#CC3=CCCCC3F)cc2)CCOCC1. The van der Waals surface area contributed by atoms with Crippen LogP contribution in [-0.2, 0) is 4.74 Å². The third-order valence-corrected chi connectivity index (χ3v) is 5.49. The number of hydrogen-bond donors (Lipinski definition) is 2. The van der Waals surface area contributed by atoms with Crippen molar-refractivity contribution in [3.8, 4) is 11.8 Å². The molecule has 1 fully saturated rings. The summed E-state index contributed by atoms with van der Waals surface area (Å²) in [5, 5.41) is 6.69. The number of rotatable bonds is 5. The molecule has 0 radical (unpaired) electrons. The minimum atomic E-state index is -0.946.